The molecule has 1 N–H and O–H groups in total. The highest BCUT2D eigenvalue weighted by atomic mass is 32.2. The molecule has 0 radical (unpaired) electrons. The molecule has 11 nitrogen and oxygen atoms in total. The number of non-ortho nitro benzene ring substituents is 1. The monoisotopic (exact) mass is 525 g/mol. The van der Waals surface area contributed by atoms with Gasteiger partial charge in [0.15, 0.2) is 8.32 Å². The maximum Gasteiger partial charge on any atom is 0.410 e. The lowest BCUT2D eigenvalue weighted by Crippen LogP contribution is -2.44. The number of azide groups is 1. The second kappa shape index (κ2) is 12.6. The molecule has 2 rings (SSSR count). The van der Waals surface area contributed by atoms with Crippen molar-refractivity contribution in [3.05, 3.63) is 50.4 Å². The number of hydrogen-bond acceptors (Lipinski definition) is 8. The fourth-order valence-corrected chi connectivity index (χ4v) is 5.86. The van der Waals surface area contributed by atoms with Gasteiger partial charge in [0, 0.05) is 41.1 Å². The smallest absolute Gasteiger partial charge is 0.410 e. The molecule has 1 saturated heterocycles. The topological polar surface area (TPSA) is 151 Å². The highest BCUT2D eigenvalue weighted by Gasteiger charge is 2.44. The summed E-state index contributed by atoms with van der Waals surface area (Å²) in [5.41, 5.74) is 9.03. The molecule has 35 heavy (non-hydrogen) atoms. The van der Waals surface area contributed by atoms with Crippen LogP contribution in [0.5, 0.6) is 0 Å². The Labute approximate surface area is 211 Å². The van der Waals surface area contributed by atoms with Crippen molar-refractivity contribution in [2.45, 2.75) is 70.2 Å². The minimum absolute atomic E-state index is 0.00578. The third-order valence-corrected chi connectivity index (χ3v) is 12.1. The van der Waals surface area contributed by atoms with Crippen molar-refractivity contribution >= 4 is 31.9 Å². The Balaban J connectivity index is 2.03. The quantitative estimate of drug-likeness (QED) is 0.105. The van der Waals surface area contributed by atoms with Crippen molar-refractivity contribution in [1.29, 1.82) is 0 Å². The maximum absolute atomic E-state index is 13.0. The number of benzene rings is 1. The summed E-state index contributed by atoms with van der Waals surface area (Å²) in [5, 5.41) is 24.2. The van der Waals surface area contributed by atoms with Crippen molar-refractivity contribution in [2.75, 3.05) is 24.6 Å². The van der Waals surface area contributed by atoms with E-state index in [-0.39, 0.29) is 36.0 Å². The van der Waals surface area contributed by atoms with E-state index >= 15 is 0 Å². The number of nitro benzene ring substituents is 1. The summed E-state index contributed by atoms with van der Waals surface area (Å²) in [6, 6.07) is 5.76. The summed E-state index contributed by atoms with van der Waals surface area (Å²) in [5.74, 6) is 0.965. The molecule has 0 bridgehead atoms. The Kier molecular flexibility index (Phi) is 10.4. The molecule has 1 aliphatic heterocycles. The normalized spacial score (nSPS) is 19.2. The first-order chi connectivity index (χ1) is 16.3. The lowest BCUT2D eigenvalue weighted by atomic mass is 10.2. The van der Waals surface area contributed by atoms with Crippen LogP contribution in [0.4, 0.5) is 10.5 Å². The number of rotatable bonds is 11. The second-order valence-corrected chi connectivity index (χ2v) is 16.0. The molecule has 0 spiro atoms. The summed E-state index contributed by atoms with van der Waals surface area (Å²) in [6.07, 6.45) is -0.663. The van der Waals surface area contributed by atoms with Gasteiger partial charge in [-0.2, -0.15) is 11.8 Å². The standard InChI is InChI=1S/C22H35N5O6SSi/c1-22(2,3)35(4,5)33-20-10-18(14-34-15-19(28)11-24-25-23)26(12-20)21(29)32-13-16-6-8-17(9-7-16)27(30)31/h6-9,18-20,28H,10-15H2,1-5H3/t18-,19?,20+/m0/s1. The van der Waals surface area contributed by atoms with Crippen molar-refractivity contribution in [2.24, 2.45) is 5.11 Å². The third-order valence-electron chi connectivity index (χ3n) is 6.36. The number of nitrogens with zero attached hydrogens (tertiary/aromatic N) is 5. The van der Waals surface area contributed by atoms with Crippen LogP contribution in [0.2, 0.25) is 18.1 Å². The number of thioether (sulfide) groups is 1. The van der Waals surface area contributed by atoms with Gasteiger partial charge in [-0.1, -0.05) is 25.9 Å². The molecule has 3 atom stereocenters. The molecule has 1 fully saturated rings. The van der Waals surface area contributed by atoms with Crippen LogP contribution in [0.25, 0.3) is 10.4 Å². The lowest BCUT2D eigenvalue weighted by molar-refractivity contribution is -0.384. The molecule has 0 saturated carbocycles. The number of nitro groups is 1. The SMILES string of the molecule is CC(C)(C)[Si](C)(C)O[C@@H]1C[C@@H](CSCC(O)CN=[N+]=[N-])N(C(=O)OCc2ccc([N+](=O)[O-])cc2)C1. The number of carbonyl (C=O) groups is 1. The van der Waals surface area contributed by atoms with Crippen LogP contribution in [0.3, 0.4) is 0 Å². The fourth-order valence-electron chi connectivity index (χ4n) is 3.40. The Hall–Kier alpha value is -2.31. The van der Waals surface area contributed by atoms with E-state index in [1.807, 2.05) is 0 Å². The van der Waals surface area contributed by atoms with Crippen LogP contribution >= 0.6 is 11.8 Å². The summed E-state index contributed by atoms with van der Waals surface area (Å²) in [6.45, 7) is 11.3. The van der Waals surface area contributed by atoms with Crippen LogP contribution in [0.1, 0.15) is 32.8 Å². The Bertz CT molecular complexity index is 920. The van der Waals surface area contributed by atoms with E-state index in [2.05, 4.69) is 43.9 Å². The van der Waals surface area contributed by atoms with Gasteiger partial charge in [-0.25, -0.2) is 4.79 Å². The van der Waals surface area contributed by atoms with Gasteiger partial charge in [-0.15, -0.1) is 0 Å². The van der Waals surface area contributed by atoms with Crippen molar-refractivity contribution in [3.8, 4) is 0 Å². The predicted octanol–water partition coefficient (Wildman–Crippen LogP) is 5.10. The number of amides is 1. The third kappa shape index (κ3) is 8.69. The second-order valence-electron chi connectivity index (χ2n) is 10.1. The lowest BCUT2D eigenvalue weighted by Gasteiger charge is -2.38. The van der Waals surface area contributed by atoms with Gasteiger partial charge >= 0.3 is 6.09 Å². The first kappa shape index (κ1) is 28.9. The van der Waals surface area contributed by atoms with E-state index in [0.29, 0.717) is 30.0 Å². The molecule has 1 aliphatic rings. The largest absolute Gasteiger partial charge is 0.445 e. The van der Waals surface area contributed by atoms with E-state index < -0.39 is 25.4 Å². The molecule has 194 valence electrons. The van der Waals surface area contributed by atoms with Crippen LogP contribution in [0, 0.1) is 10.1 Å². The molecule has 1 heterocycles. The van der Waals surface area contributed by atoms with E-state index in [1.54, 1.807) is 17.0 Å². The molecule has 0 aliphatic carbocycles. The van der Waals surface area contributed by atoms with E-state index in [1.165, 1.54) is 23.9 Å². The van der Waals surface area contributed by atoms with Crippen LogP contribution in [0.15, 0.2) is 29.4 Å². The Morgan fingerprint density at radius 1 is 1.40 bits per heavy atom. The van der Waals surface area contributed by atoms with E-state index in [4.69, 9.17) is 14.7 Å². The molecule has 1 aromatic rings. The Morgan fingerprint density at radius 2 is 2.06 bits per heavy atom. The minimum Gasteiger partial charge on any atom is -0.445 e. The molecule has 1 aromatic carbocycles. The van der Waals surface area contributed by atoms with Gasteiger partial charge in [-0.3, -0.25) is 10.1 Å². The highest BCUT2D eigenvalue weighted by molar-refractivity contribution is 7.99. The number of carbonyl (C=O) groups excluding carboxylic acids is 1. The average molecular weight is 526 g/mol. The van der Waals surface area contributed by atoms with E-state index in [0.717, 1.165) is 0 Å². The number of hydrogen-bond donors (Lipinski definition) is 1. The predicted molar refractivity (Wildman–Crippen MR) is 138 cm³/mol. The molecule has 1 amide bonds. The van der Waals surface area contributed by atoms with Gasteiger partial charge in [0.05, 0.1) is 23.7 Å². The average Bonchev–Trinajstić information content (AvgIpc) is 3.17. The summed E-state index contributed by atoms with van der Waals surface area (Å²) >= 11 is 1.48. The number of likely N-dealkylation sites (tertiary alicyclic amines) is 1. The summed E-state index contributed by atoms with van der Waals surface area (Å²) in [7, 11) is -2.04. The summed E-state index contributed by atoms with van der Waals surface area (Å²) < 4.78 is 12.1. The zero-order chi connectivity index (χ0) is 26.2. The Morgan fingerprint density at radius 3 is 2.63 bits per heavy atom. The number of aliphatic hydroxyl groups excluding tert-OH is 1. The number of aliphatic hydroxyl groups is 1. The van der Waals surface area contributed by atoms with Gasteiger partial charge in [0.2, 0.25) is 0 Å². The number of ether oxygens (including phenoxy) is 1. The van der Waals surface area contributed by atoms with Crippen molar-refractivity contribution < 1.29 is 24.0 Å². The minimum atomic E-state index is -2.04. The first-order valence-corrected chi connectivity index (χ1v) is 15.5. The van der Waals surface area contributed by atoms with Gasteiger partial charge in [0.25, 0.3) is 5.69 Å². The van der Waals surface area contributed by atoms with Crippen LogP contribution in [-0.4, -0.2) is 72.2 Å². The molecular formula is C22H35N5O6SSi. The fraction of sp³-hybridized carbons (Fsp3) is 0.682. The van der Waals surface area contributed by atoms with Crippen molar-refractivity contribution in [1.82, 2.24) is 4.90 Å². The summed E-state index contributed by atoms with van der Waals surface area (Å²) in [4.78, 5) is 27.7. The van der Waals surface area contributed by atoms with Crippen LogP contribution in [-0.2, 0) is 15.8 Å². The molecule has 1 unspecified atom stereocenters. The van der Waals surface area contributed by atoms with Crippen molar-refractivity contribution in [3.63, 3.8) is 0 Å². The zero-order valence-corrected chi connectivity index (χ0v) is 22.7. The molecular weight excluding hydrogens is 490 g/mol. The molecule has 0 aromatic heterocycles. The highest BCUT2D eigenvalue weighted by Crippen LogP contribution is 2.39. The van der Waals surface area contributed by atoms with Gasteiger partial charge < -0.3 is 19.2 Å². The van der Waals surface area contributed by atoms with E-state index in [9.17, 15) is 20.0 Å². The van der Waals surface area contributed by atoms with Crippen LogP contribution < -0.4 is 0 Å². The molecule has 13 heteroatoms. The first-order valence-electron chi connectivity index (χ1n) is 11.4. The maximum atomic E-state index is 13.0. The van der Waals surface area contributed by atoms with Gasteiger partial charge in [-0.05, 0) is 47.8 Å². The van der Waals surface area contributed by atoms with Gasteiger partial charge in [0.1, 0.15) is 6.61 Å². The zero-order valence-electron chi connectivity index (χ0n) is 20.9.